The molecular weight excluding hydrogens is 294 g/mol. The Balaban J connectivity index is 1.60. The molecule has 1 saturated heterocycles. The maximum Gasteiger partial charge on any atom is 0.410 e. The van der Waals surface area contributed by atoms with Crippen LogP contribution in [-0.2, 0) is 17.7 Å². The number of hydrogen-bond donors (Lipinski definition) is 0. The van der Waals surface area contributed by atoms with E-state index in [1.807, 2.05) is 4.90 Å². The van der Waals surface area contributed by atoms with Crippen LogP contribution in [0.5, 0.6) is 11.5 Å². The summed E-state index contributed by atoms with van der Waals surface area (Å²) in [6, 6.07) is 4.29. The lowest BCUT2D eigenvalue weighted by atomic mass is 9.94. The van der Waals surface area contributed by atoms with Crippen LogP contribution >= 0.6 is 0 Å². The standard InChI is InChI=1S/C18H23NO4/c1-21-16-8-12-7-14-11-22-18(20)19(14)10-13(12)9-17(16)23-15-5-3-2-4-6-15/h8-9,14-15H,2-7,10-11H2,1H3. The lowest BCUT2D eigenvalue weighted by Gasteiger charge is -2.30. The third kappa shape index (κ3) is 2.73. The first kappa shape index (κ1) is 14.7. The number of ether oxygens (including phenoxy) is 3. The Bertz CT molecular complexity index is 609. The largest absolute Gasteiger partial charge is 0.493 e. The molecule has 5 nitrogen and oxygen atoms in total. The molecule has 5 heteroatoms. The number of fused-ring (bicyclic) bond motifs is 2. The number of carbonyl (C=O) groups is 1. The quantitative estimate of drug-likeness (QED) is 0.858. The Morgan fingerprint density at radius 3 is 2.70 bits per heavy atom. The van der Waals surface area contributed by atoms with Crippen molar-refractivity contribution in [2.75, 3.05) is 13.7 Å². The Morgan fingerprint density at radius 2 is 1.91 bits per heavy atom. The van der Waals surface area contributed by atoms with E-state index >= 15 is 0 Å². The third-order valence-electron chi connectivity index (χ3n) is 5.20. The second kappa shape index (κ2) is 5.95. The van der Waals surface area contributed by atoms with Gasteiger partial charge >= 0.3 is 6.09 Å². The van der Waals surface area contributed by atoms with E-state index in [2.05, 4.69) is 12.1 Å². The van der Waals surface area contributed by atoms with Gasteiger partial charge in [0.1, 0.15) is 6.61 Å². The fourth-order valence-electron chi connectivity index (χ4n) is 3.89. The zero-order valence-corrected chi connectivity index (χ0v) is 13.5. The lowest BCUT2D eigenvalue weighted by molar-refractivity contribution is 0.147. The van der Waals surface area contributed by atoms with Crippen molar-refractivity contribution in [2.45, 2.75) is 57.2 Å². The molecule has 1 atom stereocenters. The Morgan fingerprint density at radius 1 is 1.13 bits per heavy atom. The number of hydrogen-bond acceptors (Lipinski definition) is 4. The van der Waals surface area contributed by atoms with Crippen molar-refractivity contribution < 1.29 is 19.0 Å². The second-order valence-electron chi connectivity index (χ2n) is 6.71. The molecule has 2 heterocycles. The van der Waals surface area contributed by atoms with E-state index in [-0.39, 0.29) is 18.2 Å². The molecular formula is C18H23NO4. The van der Waals surface area contributed by atoms with E-state index in [9.17, 15) is 4.79 Å². The van der Waals surface area contributed by atoms with Crippen LogP contribution in [0.25, 0.3) is 0 Å². The SMILES string of the molecule is COc1cc2c(cc1OC1CCCCC1)CN1C(=O)OCC1C2. The summed E-state index contributed by atoms with van der Waals surface area (Å²) in [5.74, 6) is 1.61. The molecule has 0 aromatic heterocycles. The van der Waals surface area contributed by atoms with Gasteiger partial charge in [0.2, 0.25) is 0 Å². The van der Waals surface area contributed by atoms with Crippen LogP contribution in [-0.4, -0.2) is 36.9 Å². The first-order chi connectivity index (χ1) is 11.2. The fourth-order valence-corrected chi connectivity index (χ4v) is 3.89. The van der Waals surface area contributed by atoms with Gasteiger partial charge < -0.3 is 14.2 Å². The van der Waals surface area contributed by atoms with E-state index in [1.54, 1.807) is 7.11 Å². The Kier molecular flexibility index (Phi) is 3.79. The summed E-state index contributed by atoms with van der Waals surface area (Å²) in [6.45, 7) is 1.09. The first-order valence-electron chi connectivity index (χ1n) is 8.54. The highest BCUT2D eigenvalue weighted by Crippen LogP contribution is 2.37. The van der Waals surface area contributed by atoms with Crippen LogP contribution < -0.4 is 9.47 Å². The van der Waals surface area contributed by atoms with Gasteiger partial charge in [-0.15, -0.1) is 0 Å². The molecule has 1 aliphatic carbocycles. The first-order valence-corrected chi connectivity index (χ1v) is 8.54. The zero-order valence-electron chi connectivity index (χ0n) is 13.5. The van der Waals surface area contributed by atoms with Gasteiger partial charge in [0.15, 0.2) is 11.5 Å². The molecule has 1 unspecified atom stereocenters. The fraction of sp³-hybridized carbons (Fsp3) is 0.611. The molecule has 2 fully saturated rings. The highest BCUT2D eigenvalue weighted by atomic mass is 16.6. The molecule has 124 valence electrons. The van der Waals surface area contributed by atoms with Crippen molar-refractivity contribution in [2.24, 2.45) is 0 Å². The van der Waals surface area contributed by atoms with Crippen LogP contribution in [0, 0.1) is 0 Å². The highest BCUT2D eigenvalue weighted by Gasteiger charge is 2.37. The topological polar surface area (TPSA) is 48.0 Å². The van der Waals surface area contributed by atoms with E-state index in [1.165, 1.54) is 24.8 Å². The molecule has 1 amide bonds. The maximum absolute atomic E-state index is 11.8. The van der Waals surface area contributed by atoms with E-state index < -0.39 is 0 Å². The van der Waals surface area contributed by atoms with Crippen LogP contribution in [0.3, 0.4) is 0 Å². The minimum Gasteiger partial charge on any atom is -0.493 e. The van der Waals surface area contributed by atoms with Crippen LogP contribution in [0.1, 0.15) is 43.2 Å². The van der Waals surface area contributed by atoms with Gasteiger partial charge in [0.05, 0.1) is 19.3 Å². The Hall–Kier alpha value is -1.91. The number of nitrogens with zero attached hydrogens (tertiary/aromatic N) is 1. The third-order valence-corrected chi connectivity index (χ3v) is 5.20. The molecule has 0 N–H and O–H groups in total. The monoisotopic (exact) mass is 317 g/mol. The molecule has 1 saturated carbocycles. The molecule has 0 bridgehead atoms. The predicted octanol–water partition coefficient (Wildman–Crippen LogP) is 3.28. The molecule has 4 rings (SSSR count). The van der Waals surface area contributed by atoms with Crippen molar-refractivity contribution in [1.82, 2.24) is 4.90 Å². The molecule has 0 radical (unpaired) electrons. The van der Waals surface area contributed by atoms with Crippen molar-refractivity contribution in [1.29, 1.82) is 0 Å². The molecule has 0 spiro atoms. The van der Waals surface area contributed by atoms with Gasteiger partial charge in [-0.1, -0.05) is 6.42 Å². The molecule has 1 aromatic rings. The van der Waals surface area contributed by atoms with Gasteiger partial charge in [-0.3, -0.25) is 4.90 Å². The van der Waals surface area contributed by atoms with Crippen LogP contribution in [0.2, 0.25) is 0 Å². The number of methoxy groups -OCH3 is 1. The average Bonchev–Trinajstić information content (AvgIpc) is 2.93. The number of cyclic esters (lactones) is 1. The smallest absolute Gasteiger partial charge is 0.410 e. The van der Waals surface area contributed by atoms with Gasteiger partial charge in [0.25, 0.3) is 0 Å². The minimum atomic E-state index is -0.203. The van der Waals surface area contributed by atoms with Gasteiger partial charge in [-0.2, -0.15) is 0 Å². The average molecular weight is 317 g/mol. The number of benzene rings is 1. The summed E-state index contributed by atoms with van der Waals surface area (Å²) in [5, 5.41) is 0. The number of rotatable bonds is 3. The summed E-state index contributed by atoms with van der Waals surface area (Å²) in [4.78, 5) is 13.6. The normalized spacial score (nSPS) is 24.0. The summed E-state index contributed by atoms with van der Waals surface area (Å²) < 4.78 is 16.9. The molecule has 2 aliphatic heterocycles. The number of amides is 1. The summed E-state index contributed by atoms with van der Waals surface area (Å²) >= 11 is 0. The van der Waals surface area contributed by atoms with Crippen molar-refractivity contribution in [3.05, 3.63) is 23.3 Å². The molecule has 1 aromatic carbocycles. The highest BCUT2D eigenvalue weighted by molar-refractivity contribution is 5.71. The van der Waals surface area contributed by atoms with Crippen molar-refractivity contribution in [3.63, 3.8) is 0 Å². The maximum atomic E-state index is 11.8. The minimum absolute atomic E-state index is 0.157. The molecule has 3 aliphatic rings. The van der Waals surface area contributed by atoms with Crippen LogP contribution in [0.15, 0.2) is 12.1 Å². The summed E-state index contributed by atoms with van der Waals surface area (Å²) in [7, 11) is 1.69. The number of carbonyl (C=O) groups excluding carboxylic acids is 1. The lowest BCUT2D eigenvalue weighted by Crippen LogP contribution is -2.38. The van der Waals surface area contributed by atoms with Crippen LogP contribution in [0.4, 0.5) is 4.79 Å². The van der Waals surface area contributed by atoms with Gasteiger partial charge in [0, 0.05) is 6.54 Å². The second-order valence-corrected chi connectivity index (χ2v) is 6.71. The Labute approximate surface area is 136 Å². The van der Waals surface area contributed by atoms with E-state index in [0.717, 1.165) is 36.3 Å². The zero-order chi connectivity index (χ0) is 15.8. The van der Waals surface area contributed by atoms with Gasteiger partial charge in [-0.05, 0) is 55.4 Å². The summed E-state index contributed by atoms with van der Waals surface area (Å²) in [5.41, 5.74) is 2.38. The van der Waals surface area contributed by atoms with Gasteiger partial charge in [-0.25, -0.2) is 4.79 Å². The van der Waals surface area contributed by atoms with Crippen molar-refractivity contribution >= 4 is 6.09 Å². The summed E-state index contributed by atoms with van der Waals surface area (Å²) in [6.07, 6.45) is 6.90. The van der Waals surface area contributed by atoms with E-state index in [0.29, 0.717) is 13.2 Å². The molecule has 23 heavy (non-hydrogen) atoms. The van der Waals surface area contributed by atoms with Crippen molar-refractivity contribution in [3.8, 4) is 11.5 Å². The predicted molar refractivity (Wildman–Crippen MR) is 84.9 cm³/mol. The van der Waals surface area contributed by atoms with E-state index in [4.69, 9.17) is 14.2 Å².